The average molecular weight is 575 g/mol. The van der Waals surface area contributed by atoms with Crippen molar-refractivity contribution in [2.24, 2.45) is 5.10 Å². The van der Waals surface area contributed by atoms with Gasteiger partial charge in [0.25, 0.3) is 0 Å². The molecule has 0 fully saturated rings. The van der Waals surface area contributed by atoms with Crippen LogP contribution in [-0.2, 0) is 22.6 Å². The van der Waals surface area contributed by atoms with Crippen molar-refractivity contribution in [1.29, 1.82) is 0 Å². The molecule has 3 aromatic rings. The first-order valence-corrected chi connectivity index (χ1v) is 12.8. The quantitative estimate of drug-likeness (QED) is 0.107. The molecule has 0 saturated heterocycles. The van der Waals surface area contributed by atoms with Crippen molar-refractivity contribution >= 4 is 58.5 Å². The van der Waals surface area contributed by atoms with Gasteiger partial charge in [-0.1, -0.05) is 46.9 Å². The van der Waals surface area contributed by atoms with Crippen molar-refractivity contribution in [2.75, 3.05) is 11.9 Å². The van der Waals surface area contributed by atoms with E-state index in [1.807, 2.05) is 13.0 Å². The van der Waals surface area contributed by atoms with Crippen molar-refractivity contribution < 1.29 is 19.1 Å². The SMILES string of the molecule is C=CCc1cc(C=NNC(=O)CC(=O)Nc2ccc(Cl)cc2)cc(OCC)c1OCc1ccc(Cl)cc1Cl. The number of amides is 2. The fraction of sp³-hybridized carbons (Fsp3) is 0.179. The van der Waals surface area contributed by atoms with E-state index < -0.39 is 18.2 Å². The van der Waals surface area contributed by atoms with Crippen molar-refractivity contribution in [3.63, 3.8) is 0 Å². The normalized spacial score (nSPS) is 10.7. The number of ether oxygens (including phenoxy) is 2. The summed E-state index contributed by atoms with van der Waals surface area (Å²) < 4.78 is 11.9. The molecule has 0 spiro atoms. The van der Waals surface area contributed by atoms with E-state index in [-0.39, 0.29) is 6.61 Å². The lowest BCUT2D eigenvalue weighted by molar-refractivity contribution is -0.126. The summed E-state index contributed by atoms with van der Waals surface area (Å²) in [6.45, 7) is 6.31. The fourth-order valence-corrected chi connectivity index (χ4v) is 3.97. The van der Waals surface area contributed by atoms with Gasteiger partial charge in [-0.2, -0.15) is 5.10 Å². The van der Waals surface area contributed by atoms with Gasteiger partial charge in [0.15, 0.2) is 11.5 Å². The number of benzene rings is 3. The predicted octanol–water partition coefficient (Wildman–Crippen LogP) is 6.83. The zero-order chi connectivity index (χ0) is 27.5. The van der Waals surface area contributed by atoms with Crippen LogP contribution in [0.3, 0.4) is 0 Å². The molecule has 0 radical (unpaired) electrons. The Morgan fingerprint density at radius 1 is 0.947 bits per heavy atom. The minimum absolute atomic E-state index is 0.210. The first-order chi connectivity index (χ1) is 18.3. The third-order valence-corrected chi connectivity index (χ3v) is 5.90. The van der Waals surface area contributed by atoms with E-state index in [1.54, 1.807) is 54.6 Å². The van der Waals surface area contributed by atoms with Gasteiger partial charge in [-0.05, 0) is 67.4 Å². The fourth-order valence-electron chi connectivity index (χ4n) is 3.38. The molecule has 10 heteroatoms. The Hall–Kier alpha value is -3.52. The summed E-state index contributed by atoms with van der Waals surface area (Å²) in [5, 5.41) is 8.20. The molecule has 198 valence electrons. The molecule has 0 unspecified atom stereocenters. The molecule has 7 nitrogen and oxygen atoms in total. The van der Waals surface area contributed by atoms with E-state index in [1.165, 1.54) is 6.21 Å². The third-order valence-electron chi connectivity index (χ3n) is 5.06. The number of carbonyl (C=O) groups excluding carboxylic acids is 2. The van der Waals surface area contributed by atoms with Crippen LogP contribution in [0.4, 0.5) is 5.69 Å². The second-order valence-electron chi connectivity index (χ2n) is 7.98. The molecule has 0 aliphatic heterocycles. The predicted molar refractivity (Wildman–Crippen MR) is 153 cm³/mol. The molecule has 2 N–H and O–H groups in total. The minimum atomic E-state index is -0.566. The van der Waals surface area contributed by atoms with Gasteiger partial charge in [0.1, 0.15) is 13.0 Å². The number of rotatable bonds is 12. The van der Waals surface area contributed by atoms with Gasteiger partial charge >= 0.3 is 0 Å². The summed E-state index contributed by atoms with van der Waals surface area (Å²) in [5.41, 5.74) is 5.15. The van der Waals surface area contributed by atoms with Crippen LogP contribution in [-0.4, -0.2) is 24.6 Å². The van der Waals surface area contributed by atoms with Gasteiger partial charge in [-0.25, -0.2) is 5.43 Å². The monoisotopic (exact) mass is 573 g/mol. The third kappa shape index (κ3) is 8.80. The van der Waals surface area contributed by atoms with Crippen LogP contribution >= 0.6 is 34.8 Å². The van der Waals surface area contributed by atoms with E-state index in [0.29, 0.717) is 50.8 Å². The van der Waals surface area contributed by atoms with Crippen LogP contribution in [0.15, 0.2) is 72.4 Å². The molecule has 0 bridgehead atoms. The van der Waals surface area contributed by atoms with E-state index in [4.69, 9.17) is 44.3 Å². The summed E-state index contributed by atoms with van der Waals surface area (Å²) in [6, 6.07) is 15.4. The highest BCUT2D eigenvalue weighted by Gasteiger charge is 2.15. The van der Waals surface area contributed by atoms with Gasteiger partial charge in [0.05, 0.1) is 12.8 Å². The van der Waals surface area contributed by atoms with Crippen LogP contribution < -0.4 is 20.2 Å². The summed E-state index contributed by atoms with van der Waals surface area (Å²) in [5.74, 6) is 0.0166. The number of halogens is 3. The van der Waals surface area contributed by atoms with Gasteiger partial charge in [-0.15, -0.1) is 6.58 Å². The highest BCUT2D eigenvalue weighted by Crippen LogP contribution is 2.35. The molecule has 0 atom stereocenters. The highest BCUT2D eigenvalue weighted by molar-refractivity contribution is 6.35. The van der Waals surface area contributed by atoms with Gasteiger partial charge in [0.2, 0.25) is 11.8 Å². The van der Waals surface area contributed by atoms with Crippen LogP contribution in [0.25, 0.3) is 0 Å². The van der Waals surface area contributed by atoms with Crippen molar-refractivity contribution in [1.82, 2.24) is 5.43 Å². The zero-order valence-corrected chi connectivity index (χ0v) is 22.9. The number of hydrazone groups is 1. The Kier molecular flexibility index (Phi) is 11.0. The number of allylic oxidation sites excluding steroid dienone is 1. The lowest BCUT2D eigenvalue weighted by Crippen LogP contribution is -2.24. The first kappa shape index (κ1) is 29.0. The number of anilines is 1. The van der Waals surface area contributed by atoms with Crippen molar-refractivity contribution in [3.05, 3.63) is 99.0 Å². The second kappa shape index (κ2) is 14.4. The van der Waals surface area contributed by atoms with Crippen LogP contribution in [0.5, 0.6) is 11.5 Å². The minimum Gasteiger partial charge on any atom is -0.490 e. The number of nitrogens with zero attached hydrogens (tertiary/aromatic N) is 1. The zero-order valence-electron chi connectivity index (χ0n) is 20.6. The molecular formula is C28H26Cl3N3O4. The lowest BCUT2D eigenvalue weighted by Gasteiger charge is -2.17. The smallest absolute Gasteiger partial charge is 0.249 e. The number of hydrogen-bond donors (Lipinski definition) is 2. The van der Waals surface area contributed by atoms with Gasteiger partial charge in [-0.3, -0.25) is 9.59 Å². The highest BCUT2D eigenvalue weighted by atomic mass is 35.5. The van der Waals surface area contributed by atoms with Crippen LogP contribution in [0.2, 0.25) is 15.1 Å². The molecular weight excluding hydrogens is 549 g/mol. The molecule has 0 aromatic heterocycles. The van der Waals surface area contributed by atoms with Gasteiger partial charge in [0, 0.05) is 31.9 Å². The Morgan fingerprint density at radius 2 is 1.68 bits per heavy atom. The van der Waals surface area contributed by atoms with Crippen molar-refractivity contribution in [3.8, 4) is 11.5 Å². The summed E-state index contributed by atoms with van der Waals surface area (Å²) in [6.07, 6.45) is 3.31. The number of hydrogen-bond acceptors (Lipinski definition) is 5. The summed E-state index contributed by atoms with van der Waals surface area (Å²) in [7, 11) is 0. The van der Waals surface area contributed by atoms with E-state index in [2.05, 4.69) is 22.4 Å². The lowest BCUT2D eigenvalue weighted by atomic mass is 10.1. The maximum atomic E-state index is 12.2. The van der Waals surface area contributed by atoms with E-state index in [0.717, 1.165) is 11.1 Å². The average Bonchev–Trinajstić information content (AvgIpc) is 2.86. The molecule has 3 aromatic carbocycles. The van der Waals surface area contributed by atoms with Crippen molar-refractivity contribution in [2.45, 2.75) is 26.4 Å². The largest absolute Gasteiger partial charge is 0.490 e. The molecule has 0 heterocycles. The summed E-state index contributed by atoms with van der Waals surface area (Å²) >= 11 is 18.1. The molecule has 0 aliphatic rings. The molecule has 2 amide bonds. The Bertz CT molecular complexity index is 1330. The number of nitrogens with one attached hydrogen (secondary N) is 2. The maximum absolute atomic E-state index is 12.2. The molecule has 3 rings (SSSR count). The maximum Gasteiger partial charge on any atom is 0.249 e. The van der Waals surface area contributed by atoms with E-state index >= 15 is 0 Å². The van der Waals surface area contributed by atoms with E-state index in [9.17, 15) is 9.59 Å². The molecule has 0 aliphatic carbocycles. The van der Waals surface area contributed by atoms with Crippen LogP contribution in [0.1, 0.15) is 30.0 Å². The topological polar surface area (TPSA) is 89.0 Å². The second-order valence-corrected chi connectivity index (χ2v) is 9.26. The standard InChI is InChI=1S/C28H26Cl3N3O4/c1-3-5-19-12-18(16-32-34-27(36)15-26(35)33-23-10-8-21(29)9-11-23)13-25(37-4-2)28(19)38-17-20-6-7-22(30)14-24(20)31/h3,6-14,16H,1,4-5,15,17H2,2H3,(H,33,35)(H,34,36). The Labute approximate surface area is 236 Å². The Balaban J connectivity index is 1.68. The first-order valence-electron chi connectivity index (χ1n) is 11.6. The van der Waals surface area contributed by atoms with Gasteiger partial charge < -0.3 is 14.8 Å². The molecule has 38 heavy (non-hydrogen) atoms. The number of carbonyl (C=O) groups is 2. The Morgan fingerprint density at radius 3 is 2.37 bits per heavy atom. The van der Waals surface area contributed by atoms with Crippen LogP contribution in [0, 0.1) is 0 Å². The summed E-state index contributed by atoms with van der Waals surface area (Å²) in [4.78, 5) is 24.3. The molecule has 0 saturated carbocycles.